The van der Waals surface area contributed by atoms with Crippen molar-refractivity contribution in [3.8, 4) is 0 Å². The molecule has 0 fully saturated rings. The van der Waals surface area contributed by atoms with E-state index < -0.39 is 11.6 Å². The van der Waals surface area contributed by atoms with Crippen LogP contribution in [0.15, 0.2) is 18.2 Å². The van der Waals surface area contributed by atoms with Gasteiger partial charge in [0.15, 0.2) is 0 Å². The molecule has 0 saturated heterocycles. The monoisotopic (exact) mass is 227 g/mol. The summed E-state index contributed by atoms with van der Waals surface area (Å²) in [7, 11) is 0. The molecule has 0 saturated carbocycles. The Kier molecular flexibility index (Phi) is 5.39. The second-order valence-corrected chi connectivity index (χ2v) is 3.98. The molecule has 0 bridgehead atoms. The summed E-state index contributed by atoms with van der Waals surface area (Å²) in [6.07, 6.45) is 2.68. The molecule has 0 heterocycles. The molecule has 1 rings (SSSR count). The number of halogens is 2. The Balaban J connectivity index is 2.68. The molecule has 3 heteroatoms. The maximum Gasteiger partial charge on any atom is 0.129 e. The molecule has 1 nitrogen and oxygen atoms in total. The molecule has 1 aromatic rings. The Morgan fingerprint density at radius 2 is 2.00 bits per heavy atom. The first kappa shape index (κ1) is 13.1. The van der Waals surface area contributed by atoms with Crippen molar-refractivity contribution in [1.82, 2.24) is 5.32 Å². The van der Waals surface area contributed by atoms with Crippen molar-refractivity contribution < 1.29 is 8.78 Å². The Morgan fingerprint density at radius 3 is 2.56 bits per heavy atom. The van der Waals surface area contributed by atoms with E-state index in [0.29, 0.717) is 12.0 Å². The number of likely N-dealkylation sites (N-methyl/N-ethyl adjacent to an activating group) is 1. The molecule has 16 heavy (non-hydrogen) atoms. The third-order valence-corrected chi connectivity index (χ3v) is 2.61. The Bertz CT molecular complexity index is 320. The smallest absolute Gasteiger partial charge is 0.129 e. The van der Waals surface area contributed by atoms with Gasteiger partial charge in [-0.2, -0.15) is 0 Å². The summed E-state index contributed by atoms with van der Waals surface area (Å²) in [5.41, 5.74) is 0.584. The second kappa shape index (κ2) is 6.59. The minimum absolute atomic E-state index is 0.273. The van der Waals surface area contributed by atoms with E-state index in [9.17, 15) is 8.78 Å². The lowest BCUT2D eigenvalue weighted by Crippen LogP contribution is -2.31. The van der Waals surface area contributed by atoms with Crippen LogP contribution in [0, 0.1) is 11.6 Å². The molecule has 1 aromatic carbocycles. The molecule has 90 valence electrons. The van der Waals surface area contributed by atoms with Gasteiger partial charge in [-0.25, -0.2) is 8.78 Å². The molecule has 0 radical (unpaired) electrons. The van der Waals surface area contributed by atoms with E-state index in [1.165, 1.54) is 12.1 Å². The average molecular weight is 227 g/mol. The maximum absolute atomic E-state index is 13.4. The van der Waals surface area contributed by atoms with E-state index in [1.54, 1.807) is 0 Å². The lowest BCUT2D eigenvalue weighted by Gasteiger charge is -2.17. The maximum atomic E-state index is 13.4. The van der Waals surface area contributed by atoms with Gasteiger partial charge >= 0.3 is 0 Å². The zero-order valence-electron chi connectivity index (χ0n) is 9.89. The topological polar surface area (TPSA) is 12.0 Å². The molecule has 1 atom stereocenters. The van der Waals surface area contributed by atoms with E-state index in [1.807, 2.05) is 6.92 Å². The van der Waals surface area contributed by atoms with Crippen LogP contribution in [0.4, 0.5) is 8.78 Å². The second-order valence-electron chi connectivity index (χ2n) is 3.98. The fourth-order valence-corrected chi connectivity index (χ4v) is 1.87. The summed E-state index contributed by atoms with van der Waals surface area (Å²) in [4.78, 5) is 0. The number of hydrogen-bond acceptors (Lipinski definition) is 1. The fraction of sp³-hybridized carbons (Fsp3) is 0.538. The van der Waals surface area contributed by atoms with Crippen molar-refractivity contribution in [3.63, 3.8) is 0 Å². The molecule has 1 N–H and O–H groups in total. The molecule has 0 spiro atoms. The van der Waals surface area contributed by atoms with Crippen molar-refractivity contribution in [2.24, 2.45) is 0 Å². The van der Waals surface area contributed by atoms with E-state index in [2.05, 4.69) is 12.2 Å². The molecular weight excluding hydrogens is 208 g/mol. The van der Waals surface area contributed by atoms with Crippen LogP contribution in [0.5, 0.6) is 0 Å². The number of hydrogen-bond donors (Lipinski definition) is 1. The lowest BCUT2D eigenvalue weighted by atomic mass is 10.0. The van der Waals surface area contributed by atoms with Crippen LogP contribution in [-0.4, -0.2) is 12.6 Å². The van der Waals surface area contributed by atoms with Gasteiger partial charge in [0.25, 0.3) is 0 Å². The molecular formula is C13H19F2N. The summed E-state index contributed by atoms with van der Waals surface area (Å²) in [6, 6.07) is 4.07. The van der Waals surface area contributed by atoms with Gasteiger partial charge in [-0.15, -0.1) is 0 Å². The van der Waals surface area contributed by atoms with Crippen molar-refractivity contribution in [2.45, 2.75) is 39.2 Å². The van der Waals surface area contributed by atoms with Gasteiger partial charge in [-0.1, -0.05) is 26.3 Å². The van der Waals surface area contributed by atoms with Gasteiger partial charge in [0, 0.05) is 12.1 Å². The highest BCUT2D eigenvalue weighted by molar-refractivity contribution is 5.19. The van der Waals surface area contributed by atoms with Gasteiger partial charge in [-0.3, -0.25) is 0 Å². The van der Waals surface area contributed by atoms with Crippen LogP contribution in [0.1, 0.15) is 32.3 Å². The molecule has 0 aliphatic rings. The minimum atomic E-state index is -0.517. The van der Waals surface area contributed by atoms with Crippen molar-refractivity contribution in [1.29, 1.82) is 0 Å². The first-order valence-electron chi connectivity index (χ1n) is 5.84. The van der Waals surface area contributed by atoms with Gasteiger partial charge in [0.05, 0.1) is 0 Å². The van der Waals surface area contributed by atoms with Crippen LogP contribution >= 0.6 is 0 Å². The SMILES string of the molecule is CCCC(Cc1ccc(F)cc1F)NCC. The van der Waals surface area contributed by atoms with Crippen LogP contribution in [-0.2, 0) is 6.42 Å². The fourth-order valence-electron chi connectivity index (χ4n) is 1.87. The highest BCUT2D eigenvalue weighted by Gasteiger charge is 2.11. The minimum Gasteiger partial charge on any atom is -0.314 e. The summed E-state index contributed by atoms with van der Waals surface area (Å²) >= 11 is 0. The number of nitrogens with one attached hydrogen (secondary N) is 1. The number of benzene rings is 1. The molecule has 0 aromatic heterocycles. The third kappa shape index (κ3) is 3.89. The van der Waals surface area contributed by atoms with Crippen LogP contribution in [0.25, 0.3) is 0 Å². The first-order chi connectivity index (χ1) is 7.67. The zero-order valence-corrected chi connectivity index (χ0v) is 9.89. The third-order valence-electron chi connectivity index (χ3n) is 2.61. The van der Waals surface area contributed by atoms with Gasteiger partial charge in [0.1, 0.15) is 11.6 Å². The quantitative estimate of drug-likeness (QED) is 0.786. The Morgan fingerprint density at radius 1 is 1.25 bits per heavy atom. The molecule has 0 amide bonds. The van der Waals surface area contributed by atoms with Crippen LogP contribution in [0.3, 0.4) is 0 Å². The zero-order chi connectivity index (χ0) is 12.0. The van der Waals surface area contributed by atoms with E-state index >= 15 is 0 Å². The normalized spacial score (nSPS) is 12.8. The van der Waals surface area contributed by atoms with Crippen molar-refractivity contribution in [2.75, 3.05) is 6.54 Å². The summed E-state index contributed by atoms with van der Waals surface area (Å²) < 4.78 is 26.1. The summed E-state index contributed by atoms with van der Waals surface area (Å²) in [5.74, 6) is -0.962. The summed E-state index contributed by atoms with van der Waals surface area (Å²) in [6.45, 7) is 5.00. The highest BCUT2D eigenvalue weighted by atomic mass is 19.1. The largest absolute Gasteiger partial charge is 0.314 e. The average Bonchev–Trinajstić information content (AvgIpc) is 2.23. The van der Waals surface area contributed by atoms with Crippen LogP contribution in [0.2, 0.25) is 0 Å². The predicted molar refractivity (Wildman–Crippen MR) is 62.4 cm³/mol. The number of rotatable bonds is 6. The molecule has 0 aliphatic heterocycles. The van der Waals surface area contributed by atoms with Gasteiger partial charge in [0.2, 0.25) is 0 Å². The first-order valence-corrected chi connectivity index (χ1v) is 5.84. The molecule has 0 aliphatic carbocycles. The van der Waals surface area contributed by atoms with E-state index in [-0.39, 0.29) is 6.04 Å². The predicted octanol–water partition coefficient (Wildman–Crippen LogP) is 3.29. The van der Waals surface area contributed by atoms with Gasteiger partial charge in [-0.05, 0) is 31.0 Å². The molecule has 1 unspecified atom stereocenters. The lowest BCUT2D eigenvalue weighted by molar-refractivity contribution is 0.473. The van der Waals surface area contributed by atoms with Gasteiger partial charge < -0.3 is 5.32 Å². The van der Waals surface area contributed by atoms with Crippen LogP contribution < -0.4 is 5.32 Å². The summed E-state index contributed by atoms with van der Waals surface area (Å²) in [5, 5.41) is 3.31. The van der Waals surface area contributed by atoms with E-state index in [4.69, 9.17) is 0 Å². The van der Waals surface area contributed by atoms with Crippen molar-refractivity contribution >= 4 is 0 Å². The standard InChI is InChI=1S/C13H19F2N/c1-3-5-12(16-4-2)8-10-6-7-11(14)9-13(10)15/h6-7,9,12,16H,3-5,8H2,1-2H3. The van der Waals surface area contributed by atoms with Crippen molar-refractivity contribution in [3.05, 3.63) is 35.4 Å². The Labute approximate surface area is 95.9 Å². The van der Waals surface area contributed by atoms with E-state index in [0.717, 1.165) is 25.5 Å². The highest BCUT2D eigenvalue weighted by Crippen LogP contribution is 2.13. The Hall–Kier alpha value is -0.960.